The third kappa shape index (κ3) is 2.43. The highest BCUT2D eigenvalue weighted by atomic mass is 35.5. The van der Waals surface area contributed by atoms with Crippen LogP contribution in [0, 0.1) is 0 Å². The van der Waals surface area contributed by atoms with E-state index in [-0.39, 0.29) is 30.6 Å². The van der Waals surface area contributed by atoms with Crippen molar-refractivity contribution in [3.63, 3.8) is 0 Å². The summed E-state index contributed by atoms with van der Waals surface area (Å²) < 4.78 is 5.38. The Morgan fingerprint density at radius 2 is 2.00 bits per heavy atom. The quantitative estimate of drug-likeness (QED) is 0.713. The third-order valence-electron chi connectivity index (χ3n) is 3.19. The lowest BCUT2D eigenvalue weighted by atomic mass is 9.97. The van der Waals surface area contributed by atoms with Gasteiger partial charge in [0.15, 0.2) is 0 Å². The van der Waals surface area contributed by atoms with Crippen molar-refractivity contribution in [3.05, 3.63) is 0 Å². The number of amides is 1. The van der Waals surface area contributed by atoms with Crippen LogP contribution in [0.2, 0.25) is 0 Å². The summed E-state index contributed by atoms with van der Waals surface area (Å²) in [7, 11) is 0. The Labute approximate surface area is 103 Å². The summed E-state index contributed by atoms with van der Waals surface area (Å²) in [6.45, 7) is 5.68. The summed E-state index contributed by atoms with van der Waals surface area (Å²) in [6.07, 6.45) is 2.86. The molecule has 0 aromatic carbocycles. The van der Waals surface area contributed by atoms with E-state index in [1.807, 2.05) is 25.7 Å². The smallest absolute Gasteiger partial charge is 0.410 e. The largest absolute Gasteiger partial charge is 0.444 e. The molecular formula is C11H21ClN2O2. The van der Waals surface area contributed by atoms with Crippen molar-refractivity contribution in [2.75, 3.05) is 0 Å². The van der Waals surface area contributed by atoms with Crippen LogP contribution in [0.4, 0.5) is 4.79 Å². The zero-order valence-corrected chi connectivity index (χ0v) is 10.9. The molecule has 2 aliphatic rings. The molecule has 2 N–H and O–H groups in total. The first-order chi connectivity index (χ1) is 6.88. The predicted octanol–water partition coefficient (Wildman–Crippen LogP) is 1.91. The van der Waals surface area contributed by atoms with E-state index in [1.54, 1.807) is 0 Å². The van der Waals surface area contributed by atoms with Crippen LogP contribution in [0.15, 0.2) is 0 Å². The van der Waals surface area contributed by atoms with Crippen LogP contribution >= 0.6 is 12.4 Å². The molecule has 1 amide bonds. The van der Waals surface area contributed by atoms with Crippen molar-refractivity contribution in [3.8, 4) is 0 Å². The van der Waals surface area contributed by atoms with Gasteiger partial charge in [0, 0.05) is 12.1 Å². The van der Waals surface area contributed by atoms with E-state index < -0.39 is 5.60 Å². The molecule has 94 valence electrons. The highest BCUT2D eigenvalue weighted by Gasteiger charge is 2.48. The van der Waals surface area contributed by atoms with E-state index >= 15 is 0 Å². The maximum Gasteiger partial charge on any atom is 0.410 e. The number of fused-ring (bicyclic) bond motifs is 2. The maximum absolute atomic E-state index is 11.9. The Hall–Kier alpha value is -0.480. The third-order valence-corrected chi connectivity index (χ3v) is 3.19. The molecule has 2 bridgehead atoms. The van der Waals surface area contributed by atoms with Crippen LogP contribution < -0.4 is 5.73 Å². The van der Waals surface area contributed by atoms with Crippen LogP contribution in [0.1, 0.15) is 40.0 Å². The van der Waals surface area contributed by atoms with Gasteiger partial charge in [-0.25, -0.2) is 4.79 Å². The molecule has 3 atom stereocenters. The monoisotopic (exact) mass is 248 g/mol. The maximum atomic E-state index is 11.9. The fourth-order valence-corrected chi connectivity index (χ4v) is 2.63. The van der Waals surface area contributed by atoms with E-state index in [1.165, 1.54) is 0 Å². The Morgan fingerprint density at radius 1 is 1.38 bits per heavy atom. The van der Waals surface area contributed by atoms with Gasteiger partial charge >= 0.3 is 6.09 Å². The molecule has 0 saturated carbocycles. The zero-order chi connectivity index (χ0) is 11.2. The van der Waals surface area contributed by atoms with Crippen LogP contribution in [0.5, 0.6) is 0 Å². The minimum atomic E-state index is -0.413. The number of rotatable bonds is 0. The summed E-state index contributed by atoms with van der Waals surface area (Å²) in [4.78, 5) is 13.8. The Balaban J connectivity index is 0.00000128. The summed E-state index contributed by atoms with van der Waals surface area (Å²) in [5.74, 6) is 0. The number of hydrogen-bond acceptors (Lipinski definition) is 3. The fraction of sp³-hybridized carbons (Fsp3) is 0.909. The molecule has 0 aromatic heterocycles. The molecule has 0 aliphatic carbocycles. The SMILES string of the molecule is CC(C)(C)OC(=O)N1[C@H]2CC[C@@H]1[C@@H](N)C2.Cl. The highest BCUT2D eigenvalue weighted by Crippen LogP contribution is 2.37. The molecule has 16 heavy (non-hydrogen) atoms. The molecule has 5 heteroatoms. The van der Waals surface area contributed by atoms with Crippen LogP contribution in [0.3, 0.4) is 0 Å². The molecule has 2 saturated heterocycles. The van der Waals surface area contributed by atoms with Gasteiger partial charge in [0.05, 0.1) is 6.04 Å². The second kappa shape index (κ2) is 4.41. The lowest BCUT2D eigenvalue weighted by Gasteiger charge is -2.27. The van der Waals surface area contributed by atoms with Crippen molar-refractivity contribution >= 4 is 18.5 Å². The predicted molar refractivity (Wildman–Crippen MR) is 64.7 cm³/mol. The molecule has 0 aromatic rings. The van der Waals surface area contributed by atoms with E-state index in [4.69, 9.17) is 10.5 Å². The van der Waals surface area contributed by atoms with E-state index in [0.29, 0.717) is 6.04 Å². The molecule has 2 rings (SSSR count). The standard InChI is InChI=1S/C11H20N2O2.ClH/c1-11(2,3)15-10(14)13-7-4-5-9(13)8(12)6-7;/h7-9H,4-6,12H2,1-3H3;1H/t7-,8-,9+;/m0./s1. The van der Waals surface area contributed by atoms with E-state index in [0.717, 1.165) is 19.3 Å². The number of hydrogen-bond donors (Lipinski definition) is 1. The first kappa shape index (κ1) is 13.6. The van der Waals surface area contributed by atoms with Gasteiger partial charge in [0.25, 0.3) is 0 Å². The number of carbonyl (C=O) groups is 1. The molecule has 0 spiro atoms. The van der Waals surface area contributed by atoms with Gasteiger partial charge in [0.2, 0.25) is 0 Å². The topological polar surface area (TPSA) is 55.6 Å². The van der Waals surface area contributed by atoms with Crippen molar-refractivity contribution in [2.45, 2.75) is 63.8 Å². The number of ether oxygens (including phenoxy) is 1. The number of halogens is 1. The Morgan fingerprint density at radius 3 is 2.38 bits per heavy atom. The zero-order valence-electron chi connectivity index (χ0n) is 10.1. The highest BCUT2D eigenvalue weighted by molar-refractivity contribution is 5.85. The minimum Gasteiger partial charge on any atom is -0.444 e. The Kier molecular flexibility index (Phi) is 3.75. The van der Waals surface area contributed by atoms with Crippen molar-refractivity contribution in [1.29, 1.82) is 0 Å². The van der Waals surface area contributed by atoms with Gasteiger partial charge in [-0.1, -0.05) is 0 Å². The van der Waals surface area contributed by atoms with Gasteiger partial charge in [-0.2, -0.15) is 0 Å². The first-order valence-electron chi connectivity index (χ1n) is 5.65. The average molecular weight is 249 g/mol. The molecule has 4 nitrogen and oxygen atoms in total. The van der Waals surface area contributed by atoms with Gasteiger partial charge in [-0.15, -0.1) is 12.4 Å². The molecule has 0 radical (unpaired) electrons. The van der Waals surface area contributed by atoms with Crippen LogP contribution in [-0.4, -0.2) is 34.7 Å². The van der Waals surface area contributed by atoms with Gasteiger partial charge in [-0.05, 0) is 40.0 Å². The minimum absolute atomic E-state index is 0. The van der Waals surface area contributed by atoms with Crippen LogP contribution in [0.25, 0.3) is 0 Å². The van der Waals surface area contributed by atoms with Gasteiger partial charge in [-0.3, -0.25) is 0 Å². The molecule has 0 unspecified atom stereocenters. The van der Waals surface area contributed by atoms with Gasteiger partial charge in [0.1, 0.15) is 5.60 Å². The second-order valence-electron chi connectivity index (χ2n) is 5.59. The fourth-order valence-electron chi connectivity index (χ4n) is 2.63. The number of nitrogens with zero attached hydrogens (tertiary/aromatic N) is 1. The van der Waals surface area contributed by atoms with Crippen LogP contribution in [-0.2, 0) is 4.74 Å². The second-order valence-corrected chi connectivity index (χ2v) is 5.59. The summed E-state index contributed by atoms with van der Waals surface area (Å²) >= 11 is 0. The van der Waals surface area contributed by atoms with Gasteiger partial charge < -0.3 is 15.4 Å². The number of carbonyl (C=O) groups excluding carboxylic acids is 1. The van der Waals surface area contributed by atoms with E-state index in [9.17, 15) is 4.79 Å². The normalized spacial score (nSPS) is 32.5. The summed E-state index contributed by atoms with van der Waals surface area (Å²) in [5.41, 5.74) is 5.55. The summed E-state index contributed by atoms with van der Waals surface area (Å²) in [5, 5.41) is 0. The summed E-state index contributed by atoms with van der Waals surface area (Å²) in [6, 6.07) is 0.681. The molecule has 2 fully saturated rings. The molecular weight excluding hydrogens is 228 g/mol. The number of nitrogens with two attached hydrogens (primary N) is 1. The molecule has 2 heterocycles. The molecule has 2 aliphatic heterocycles. The van der Waals surface area contributed by atoms with Crippen molar-refractivity contribution in [2.24, 2.45) is 5.73 Å². The van der Waals surface area contributed by atoms with Crippen molar-refractivity contribution < 1.29 is 9.53 Å². The Bertz CT molecular complexity index is 278. The first-order valence-corrected chi connectivity index (χ1v) is 5.65. The lowest BCUT2D eigenvalue weighted by molar-refractivity contribution is 0.0213. The average Bonchev–Trinajstić information content (AvgIpc) is 2.55. The lowest BCUT2D eigenvalue weighted by Crippen LogP contribution is -2.43. The van der Waals surface area contributed by atoms with Crippen molar-refractivity contribution in [1.82, 2.24) is 4.90 Å². The van der Waals surface area contributed by atoms with E-state index in [2.05, 4.69) is 0 Å².